The Hall–Kier alpha value is -2.95. The maximum Gasteiger partial charge on any atom is 0.416 e. The second-order valence-corrected chi connectivity index (χ2v) is 8.67. The lowest BCUT2D eigenvalue weighted by molar-refractivity contribution is -0.138. The molecule has 0 unspecified atom stereocenters. The molecule has 1 aliphatic carbocycles. The fourth-order valence-electron chi connectivity index (χ4n) is 4.92. The normalized spacial score (nSPS) is 26.3. The molecule has 2 amide bonds. The van der Waals surface area contributed by atoms with Crippen LogP contribution in [0, 0.1) is 11.8 Å². The quantitative estimate of drug-likeness (QED) is 0.686. The first-order chi connectivity index (χ1) is 14.5. The zero-order valence-corrected chi connectivity index (χ0v) is 17.4. The zero-order chi connectivity index (χ0) is 21.3. The van der Waals surface area contributed by atoms with E-state index in [4.69, 9.17) is 4.74 Å². The van der Waals surface area contributed by atoms with E-state index in [-0.39, 0.29) is 36.7 Å². The Balaban J connectivity index is 1.72. The average molecular weight is 405 g/mol. The molecule has 2 aliphatic rings. The molecule has 5 heteroatoms. The molecule has 1 heterocycles. The topological polar surface area (TPSA) is 63.7 Å². The molecule has 5 nitrogen and oxygen atoms in total. The SMILES string of the molecule is CC(C)C[C@H]1COC(=O)N1C(=O)[C@H]1C(=O)C[C@@H](c2ccccc2)[C@@H]1c1ccccc1. The number of rotatable bonds is 5. The first-order valence-electron chi connectivity index (χ1n) is 10.6. The third kappa shape index (κ3) is 3.76. The van der Waals surface area contributed by atoms with Crippen molar-refractivity contribution in [1.29, 1.82) is 0 Å². The van der Waals surface area contributed by atoms with E-state index in [0.29, 0.717) is 12.3 Å². The van der Waals surface area contributed by atoms with Gasteiger partial charge in [-0.15, -0.1) is 0 Å². The zero-order valence-electron chi connectivity index (χ0n) is 17.4. The second-order valence-electron chi connectivity index (χ2n) is 8.67. The Labute approximate surface area is 177 Å². The number of ether oxygens (including phenoxy) is 1. The van der Waals surface area contributed by atoms with E-state index < -0.39 is 17.9 Å². The average Bonchev–Trinajstić information content (AvgIpc) is 3.28. The van der Waals surface area contributed by atoms with Gasteiger partial charge < -0.3 is 4.74 Å². The largest absolute Gasteiger partial charge is 0.447 e. The van der Waals surface area contributed by atoms with Crippen molar-refractivity contribution < 1.29 is 19.1 Å². The number of cyclic esters (lactones) is 1. The van der Waals surface area contributed by atoms with Crippen molar-refractivity contribution in [1.82, 2.24) is 4.90 Å². The molecular formula is C25H27NO4. The van der Waals surface area contributed by atoms with E-state index in [9.17, 15) is 14.4 Å². The van der Waals surface area contributed by atoms with Gasteiger partial charge >= 0.3 is 6.09 Å². The van der Waals surface area contributed by atoms with Crippen LogP contribution < -0.4 is 0 Å². The summed E-state index contributed by atoms with van der Waals surface area (Å²) in [6.45, 7) is 4.29. The van der Waals surface area contributed by atoms with Crippen LogP contribution in [0.2, 0.25) is 0 Å². The maximum absolute atomic E-state index is 13.6. The molecule has 4 rings (SSSR count). The van der Waals surface area contributed by atoms with Gasteiger partial charge in [0.2, 0.25) is 5.91 Å². The standard InChI is InChI=1S/C25H27NO4/c1-16(2)13-19-15-30-25(29)26(19)24(28)23-21(27)14-20(17-9-5-3-6-10-17)22(23)18-11-7-4-8-12-18/h3-12,16,19-20,22-23H,13-15H2,1-2H3/t19-,20-,22-,23-/m0/s1. The number of hydrogen-bond donors (Lipinski definition) is 0. The smallest absolute Gasteiger partial charge is 0.416 e. The van der Waals surface area contributed by atoms with E-state index in [2.05, 4.69) is 0 Å². The lowest BCUT2D eigenvalue weighted by Crippen LogP contribution is -2.45. The molecule has 0 spiro atoms. The highest BCUT2D eigenvalue weighted by Crippen LogP contribution is 2.49. The number of hydrogen-bond acceptors (Lipinski definition) is 4. The van der Waals surface area contributed by atoms with Crippen LogP contribution in [-0.4, -0.2) is 35.3 Å². The van der Waals surface area contributed by atoms with Crippen LogP contribution in [0.5, 0.6) is 0 Å². The molecule has 0 N–H and O–H groups in total. The maximum atomic E-state index is 13.6. The van der Waals surface area contributed by atoms with Gasteiger partial charge in [0.15, 0.2) is 0 Å². The van der Waals surface area contributed by atoms with Crippen molar-refractivity contribution in [2.45, 2.75) is 44.6 Å². The minimum atomic E-state index is -0.877. The van der Waals surface area contributed by atoms with Gasteiger partial charge in [-0.1, -0.05) is 74.5 Å². The molecule has 2 aromatic rings. The summed E-state index contributed by atoms with van der Waals surface area (Å²) in [6.07, 6.45) is 0.322. The fourth-order valence-corrected chi connectivity index (χ4v) is 4.92. The molecule has 4 atom stereocenters. The second kappa shape index (κ2) is 8.42. The summed E-state index contributed by atoms with van der Waals surface area (Å²) in [6, 6.07) is 19.2. The van der Waals surface area contributed by atoms with Gasteiger partial charge in [0.1, 0.15) is 18.3 Å². The lowest BCUT2D eigenvalue weighted by Gasteiger charge is -2.28. The Morgan fingerprint density at radius 3 is 2.20 bits per heavy atom. The number of nitrogens with zero attached hydrogens (tertiary/aromatic N) is 1. The third-order valence-electron chi connectivity index (χ3n) is 6.18. The number of benzene rings is 2. The minimum Gasteiger partial charge on any atom is -0.447 e. The van der Waals surface area contributed by atoms with Crippen molar-refractivity contribution >= 4 is 17.8 Å². The highest BCUT2D eigenvalue weighted by molar-refractivity contribution is 6.09. The molecule has 156 valence electrons. The summed E-state index contributed by atoms with van der Waals surface area (Å²) in [5.74, 6) is -1.50. The number of ketones is 1. The Morgan fingerprint density at radius 2 is 1.60 bits per heavy atom. The van der Waals surface area contributed by atoms with Gasteiger partial charge in [0, 0.05) is 12.3 Å². The monoisotopic (exact) mass is 405 g/mol. The molecule has 0 bridgehead atoms. The van der Waals surface area contributed by atoms with Crippen molar-refractivity contribution in [3.8, 4) is 0 Å². The minimum absolute atomic E-state index is 0.0998. The van der Waals surface area contributed by atoms with Gasteiger partial charge in [-0.2, -0.15) is 0 Å². The summed E-state index contributed by atoms with van der Waals surface area (Å²) in [5, 5.41) is 0. The van der Waals surface area contributed by atoms with E-state index >= 15 is 0 Å². The molecule has 30 heavy (non-hydrogen) atoms. The van der Waals surface area contributed by atoms with Crippen LogP contribution in [-0.2, 0) is 14.3 Å². The third-order valence-corrected chi connectivity index (χ3v) is 6.18. The van der Waals surface area contributed by atoms with Crippen molar-refractivity contribution in [3.63, 3.8) is 0 Å². The van der Waals surface area contributed by atoms with Crippen LogP contribution in [0.1, 0.15) is 49.7 Å². The summed E-state index contributed by atoms with van der Waals surface area (Å²) in [7, 11) is 0. The molecule has 2 aromatic carbocycles. The molecule has 1 saturated carbocycles. The number of imide groups is 1. The van der Waals surface area contributed by atoms with Crippen LogP contribution in [0.15, 0.2) is 60.7 Å². The molecule has 2 fully saturated rings. The van der Waals surface area contributed by atoms with E-state index in [1.165, 1.54) is 4.90 Å². The van der Waals surface area contributed by atoms with E-state index in [0.717, 1.165) is 11.1 Å². The van der Waals surface area contributed by atoms with Crippen LogP contribution >= 0.6 is 0 Å². The van der Waals surface area contributed by atoms with Crippen molar-refractivity contribution in [2.24, 2.45) is 11.8 Å². The number of carbonyl (C=O) groups is 3. The van der Waals surface area contributed by atoms with E-state index in [1.807, 2.05) is 74.5 Å². The summed E-state index contributed by atoms with van der Waals surface area (Å²) in [4.78, 5) is 40.5. The van der Waals surface area contributed by atoms with Gasteiger partial charge in [-0.05, 0) is 29.4 Å². The molecule has 0 aromatic heterocycles. The number of Topliss-reactive ketones (excluding diaryl/α,β-unsaturated/α-hetero) is 1. The van der Waals surface area contributed by atoms with Crippen molar-refractivity contribution in [2.75, 3.05) is 6.61 Å². The first kappa shape index (κ1) is 20.3. The predicted octanol–water partition coefficient (Wildman–Crippen LogP) is 4.54. The van der Waals surface area contributed by atoms with Gasteiger partial charge in [-0.25, -0.2) is 9.69 Å². The van der Waals surface area contributed by atoms with Gasteiger partial charge in [-0.3, -0.25) is 9.59 Å². The van der Waals surface area contributed by atoms with Crippen LogP contribution in [0.3, 0.4) is 0 Å². The van der Waals surface area contributed by atoms with E-state index in [1.54, 1.807) is 0 Å². The number of carbonyl (C=O) groups excluding carboxylic acids is 3. The highest BCUT2D eigenvalue weighted by atomic mass is 16.6. The Bertz CT molecular complexity index is 925. The highest BCUT2D eigenvalue weighted by Gasteiger charge is 2.52. The molecule has 1 aliphatic heterocycles. The molecule has 0 radical (unpaired) electrons. The summed E-state index contributed by atoms with van der Waals surface area (Å²) < 4.78 is 5.20. The van der Waals surface area contributed by atoms with Crippen LogP contribution in [0.25, 0.3) is 0 Å². The molecule has 1 saturated heterocycles. The lowest BCUT2D eigenvalue weighted by atomic mass is 9.79. The summed E-state index contributed by atoms with van der Waals surface area (Å²) >= 11 is 0. The van der Waals surface area contributed by atoms with Gasteiger partial charge in [0.25, 0.3) is 0 Å². The van der Waals surface area contributed by atoms with Crippen molar-refractivity contribution in [3.05, 3.63) is 71.8 Å². The van der Waals surface area contributed by atoms with Gasteiger partial charge in [0.05, 0.1) is 6.04 Å². The predicted molar refractivity (Wildman–Crippen MR) is 113 cm³/mol. The number of amides is 2. The Kier molecular flexibility index (Phi) is 5.71. The summed E-state index contributed by atoms with van der Waals surface area (Å²) in [5.41, 5.74) is 1.99. The van der Waals surface area contributed by atoms with Crippen LogP contribution in [0.4, 0.5) is 4.79 Å². The fraction of sp³-hybridized carbons (Fsp3) is 0.400. The molecular weight excluding hydrogens is 378 g/mol. The first-order valence-corrected chi connectivity index (χ1v) is 10.6. The Morgan fingerprint density at radius 1 is 1.00 bits per heavy atom.